The molecule has 0 heterocycles. The Hall–Kier alpha value is -7.87. The van der Waals surface area contributed by atoms with E-state index in [0.29, 0.717) is 65.8 Å². The van der Waals surface area contributed by atoms with Gasteiger partial charge in [0.05, 0.1) is 61.9 Å². The standard InChI is InChI=1S/2C35H30N4O11S4.2K/c2*1-38(29-5-3-7-33(21-29)53(45,46)47)51(41,42)31-15-11-23-9-13-27(17-25(23)19-31)36-35(40)37-28-14-10-24-12-16-32(20-26(24)18-28)52(43,44)39(2)30-6-4-8-34(22-30)54(48,49)50;;/h2*3-22H,1-2H3,(H2,36,37,40)(H,45,46,47)(H,48,49,50);;/q;;2*+1/p-2. The predicted octanol–water partition coefficient (Wildman–Crippen LogP) is 4.88. The van der Waals surface area contributed by atoms with Crippen molar-refractivity contribution < 1.29 is 198 Å². The zero-order valence-electron chi connectivity index (χ0n) is 58.2. The quantitative estimate of drug-likeness (QED) is 0.0437. The summed E-state index contributed by atoms with van der Waals surface area (Å²) in [5, 5.41) is 15.2. The summed E-state index contributed by atoms with van der Waals surface area (Å²) in [6.45, 7) is 0. The van der Waals surface area contributed by atoms with Gasteiger partial charge in [-0.1, -0.05) is 72.8 Å². The van der Waals surface area contributed by atoms with Crippen LogP contribution in [0.25, 0.3) is 43.1 Å². The minimum Gasteiger partial charge on any atom is -0.744 e. The number of nitrogens with one attached hydrogen (secondary N) is 4. The first kappa shape index (κ1) is 86.1. The van der Waals surface area contributed by atoms with E-state index in [-0.39, 0.29) is 145 Å². The predicted molar refractivity (Wildman–Crippen MR) is 405 cm³/mol. The smallest absolute Gasteiger partial charge is 0.744 e. The van der Waals surface area contributed by atoms with Crippen molar-refractivity contribution >= 4 is 181 Å². The number of amides is 4. The fraction of sp³-hybridized carbons (Fsp3) is 0.0571. The maximum absolute atomic E-state index is 13.5. The maximum atomic E-state index is 13.5. The molecule has 0 aliphatic rings. The topological polar surface area (TPSA) is 455 Å². The summed E-state index contributed by atoms with van der Waals surface area (Å²) in [4.78, 5) is 23.5. The van der Waals surface area contributed by atoms with Gasteiger partial charge < -0.3 is 30.4 Å². The number of fused-ring (bicyclic) bond motifs is 4. The third kappa shape index (κ3) is 19.6. The molecule has 0 atom stereocenters. The molecule has 110 heavy (non-hydrogen) atoms. The zero-order chi connectivity index (χ0) is 78.4. The number of hydrogen-bond donors (Lipinski definition) is 6. The second-order valence-electron chi connectivity index (χ2n) is 23.8. The normalized spacial score (nSPS) is 12.1. The number of carbonyl (C=O) groups is 2. The van der Waals surface area contributed by atoms with E-state index in [4.69, 9.17) is 0 Å². The Balaban J connectivity index is 0.000000249. The molecule has 0 radical (unpaired) electrons. The molecular formula is C70H58K2N8O22S8. The third-order valence-electron chi connectivity index (χ3n) is 16.8. The molecule has 560 valence electrons. The number of carbonyl (C=O) groups excluding carboxylic acids is 2. The van der Waals surface area contributed by atoms with Gasteiger partial charge in [-0.3, -0.25) is 26.3 Å². The summed E-state index contributed by atoms with van der Waals surface area (Å²) in [5.74, 6) is 0. The second kappa shape index (κ2) is 33.4. The van der Waals surface area contributed by atoms with Crippen LogP contribution in [0.4, 0.5) is 55.1 Å². The zero-order valence-corrected chi connectivity index (χ0v) is 71.0. The van der Waals surface area contributed by atoms with Crippen molar-refractivity contribution in [2.24, 2.45) is 0 Å². The fourth-order valence-corrected chi connectivity index (χ4v) is 17.9. The van der Waals surface area contributed by atoms with E-state index in [0.717, 1.165) is 65.8 Å². The van der Waals surface area contributed by atoms with E-state index >= 15 is 0 Å². The van der Waals surface area contributed by atoms with Crippen LogP contribution in [-0.4, -0.2) is 126 Å². The van der Waals surface area contributed by atoms with E-state index in [1.165, 1.54) is 125 Å². The van der Waals surface area contributed by atoms with Crippen molar-refractivity contribution in [2.45, 2.75) is 39.2 Å². The molecule has 0 spiro atoms. The number of urea groups is 2. The van der Waals surface area contributed by atoms with Crippen molar-refractivity contribution in [3.05, 3.63) is 243 Å². The number of hydrogen-bond acceptors (Lipinski definition) is 20. The van der Waals surface area contributed by atoms with Gasteiger partial charge in [0.1, 0.15) is 20.2 Å². The summed E-state index contributed by atoms with van der Waals surface area (Å²) in [6, 6.07) is 54.3. The molecular weight excluding hydrogens is 1640 g/mol. The SMILES string of the molecule is CN(c1cccc(S(=O)(=O)[O-])c1)S(=O)(=O)c1ccc2ccc(NC(=O)Nc3ccc4ccc(S(=O)(=O)N(C)c5cccc(S(=O)(=O)O)c5)cc4c3)cc2c1.CN(c1cccc(S(=O)(=O)[O-])c1)S(=O)(=O)c1ccc2ccc(NC(=O)Nc3ccc4ccc(S(=O)(=O)N(C)c5cccc(S(=O)(=O)O)c5)cc4c3)cc2c1.[K+].[K+]. The molecule has 0 unspecified atom stereocenters. The molecule has 0 bridgehead atoms. The number of sulfonamides is 4. The first-order chi connectivity index (χ1) is 50.5. The van der Waals surface area contributed by atoms with E-state index in [2.05, 4.69) is 21.3 Å². The van der Waals surface area contributed by atoms with Gasteiger partial charge in [-0.2, -0.15) is 16.8 Å². The average Bonchev–Trinajstić information content (AvgIpc) is 0.789. The Bertz CT molecular complexity index is 5900. The Morgan fingerprint density at radius 3 is 0.673 bits per heavy atom. The summed E-state index contributed by atoms with van der Waals surface area (Å²) >= 11 is 0. The van der Waals surface area contributed by atoms with Crippen LogP contribution in [0.2, 0.25) is 0 Å². The van der Waals surface area contributed by atoms with Gasteiger partial charge in [-0.05, 0) is 213 Å². The maximum Gasteiger partial charge on any atom is 1.00 e. The van der Waals surface area contributed by atoms with Crippen molar-refractivity contribution in [1.82, 2.24) is 0 Å². The Morgan fingerprint density at radius 1 is 0.264 bits per heavy atom. The van der Waals surface area contributed by atoms with Crippen LogP contribution in [0.5, 0.6) is 0 Å². The molecule has 0 saturated carbocycles. The molecule has 30 nitrogen and oxygen atoms in total. The minimum absolute atomic E-state index is 0. The van der Waals surface area contributed by atoms with E-state index in [9.17, 15) is 95.1 Å². The third-order valence-corrected chi connectivity index (χ3v) is 27.3. The molecule has 0 aliphatic heterocycles. The molecule has 12 aromatic rings. The van der Waals surface area contributed by atoms with Gasteiger partial charge >= 0.3 is 115 Å². The van der Waals surface area contributed by atoms with Crippen LogP contribution < -0.4 is 141 Å². The van der Waals surface area contributed by atoms with Gasteiger partial charge in [0.15, 0.2) is 0 Å². The first-order valence-corrected chi connectivity index (χ1v) is 42.5. The van der Waals surface area contributed by atoms with Crippen molar-refractivity contribution in [1.29, 1.82) is 0 Å². The summed E-state index contributed by atoms with van der Waals surface area (Å²) < 4.78 is 245. The molecule has 12 aromatic carbocycles. The van der Waals surface area contributed by atoms with Crippen LogP contribution >= 0.6 is 0 Å². The van der Waals surface area contributed by atoms with E-state index in [1.54, 1.807) is 97.1 Å². The van der Waals surface area contributed by atoms with Crippen molar-refractivity contribution in [2.75, 3.05) is 66.7 Å². The molecule has 0 aliphatic carbocycles. The molecule has 0 saturated heterocycles. The molecule has 6 N–H and O–H groups in total. The minimum atomic E-state index is -4.82. The second-order valence-corrected chi connectivity index (χ2v) is 37.3. The van der Waals surface area contributed by atoms with E-state index < -0.39 is 112 Å². The van der Waals surface area contributed by atoms with Gasteiger partial charge in [-0.25, -0.2) is 60.1 Å². The van der Waals surface area contributed by atoms with Crippen LogP contribution in [0.1, 0.15) is 0 Å². The number of anilines is 8. The molecule has 0 aromatic heterocycles. The van der Waals surface area contributed by atoms with Crippen LogP contribution in [0.3, 0.4) is 0 Å². The molecule has 40 heteroatoms. The Labute approximate surface area is 718 Å². The van der Waals surface area contributed by atoms with Crippen molar-refractivity contribution in [3.8, 4) is 0 Å². The summed E-state index contributed by atoms with van der Waals surface area (Å²) in [7, 11) is -30.7. The Morgan fingerprint density at radius 2 is 0.464 bits per heavy atom. The number of rotatable bonds is 20. The fourth-order valence-electron chi connectivity index (χ4n) is 11.0. The monoisotopic (exact) mass is 1700 g/mol. The first-order valence-electron chi connectivity index (χ1n) is 31.0. The van der Waals surface area contributed by atoms with Crippen LogP contribution in [0.15, 0.2) is 282 Å². The van der Waals surface area contributed by atoms with Gasteiger partial charge in [0.25, 0.3) is 60.3 Å². The molecule has 0 fully saturated rings. The van der Waals surface area contributed by atoms with Gasteiger partial charge in [0.2, 0.25) is 0 Å². The van der Waals surface area contributed by atoms with Crippen LogP contribution in [0, 0.1) is 0 Å². The summed E-state index contributed by atoms with van der Waals surface area (Å²) in [5.41, 5.74) is 1.17. The molecule has 4 amide bonds. The Kier molecular flexibility index (Phi) is 26.2. The van der Waals surface area contributed by atoms with Gasteiger partial charge in [-0.15, -0.1) is 0 Å². The average molecular weight is 1700 g/mol. The molecule has 12 rings (SSSR count). The van der Waals surface area contributed by atoms with E-state index in [1.807, 2.05) is 0 Å². The number of nitrogens with zero attached hydrogens (tertiary/aromatic N) is 4. The van der Waals surface area contributed by atoms with Gasteiger partial charge in [0, 0.05) is 50.9 Å². The number of benzene rings is 12. The van der Waals surface area contributed by atoms with Crippen LogP contribution in [-0.2, 0) is 80.6 Å². The largest absolute Gasteiger partial charge is 1.00 e. The summed E-state index contributed by atoms with van der Waals surface area (Å²) in [6.07, 6.45) is 0. The van der Waals surface area contributed by atoms with Crippen molar-refractivity contribution in [3.63, 3.8) is 0 Å².